The minimum atomic E-state index is -5.13. The highest BCUT2D eigenvalue weighted by atomic mass is 31.2. The maximum atomic E-state index is 14.3. The van der Waals surface area contributed by atoms with E-state index in [4.69, 9.17) is 9.05 Å². The number of halogens is 12. The standard InChI is InChI=1S/C62H68F12N8O6P/c1-39-15-11-13-17-47(39)49-33-53(75-35-51(49)77(7)55(83)57(3,4)41-27-43(59(63,64)65)31-44(28-41)60(66,67)68)79-19-23-81(9,24-20-79)37-87-89(85,86)88-38-82(10)25-21-80(22-26-82)54-34-50(48-18-14-12-16-40(48)2)52(36-76-54)78(8)56(84)58(5,6)42-29-45(61(69,70)71)32-46(30-42)62(72,73)74/h11-18,27-36H,19-26,37-38H2,1-10H3/q+1/p+1. The molecule has 2 aromatic heterocycles. The number of phosphoric ester groups is 1. The molecule has 480 valence electrons. The van der Waals surface area contributed by atoms with Crippen LogP contribution in [0.5, 0.6) is 0 Å². The summed E-state index contributed by atoms with van der Waals surface area (Å²) in [5, 5.41) is 0. The van der Waals surface area contributed by atoms with E-state index < -0.39 is 88.6 Å². The Bertz CT molecular complexity index is 3370. The van der Waals surface area contributed by atoms with Crippen LogP contribution in [0.4, 0.5) is 75.7 Å². The Kier molecular flexibility index (Phi) is 18.8. The Morgan fingerprint density at radius 3 is 1.07 bits per heavy atom. The van der Waals surface area contributed by atoms with Crippen LogP contribution in [0.1, 0.15) is 72.2 Å². The molecule has 4 aromatic carbocycles. The van der Waals surface area contributed by atoms with Crippen molar-refractivity contribution in [2.24, 2.45) is 0 Å². The lowest BCUT2D eigenvalue weighted by atomic mass is 9.81. The number of anilines is 4. The molecule has 4 heterocycles. The van der Waals surface area contributed by atoms with E-state index in [9.17, 15) is 71.7 Å². The molecule has 89 heavy (non-hydrogen) atoms. The summed E-state index contributed by atoms with van der Waals surface area (Å²) in [6.07, 6.45) is -17.7. The lowest BCUT2D eigenvalue weighted by molar-refractivity contribution is -0.928. The van der Waals surface area contributed by atoms with Crippen LogP contribution < -0.4 is 19.6 Å². The fourth-order valence-electron chi connectivity index (χ4n) is 10.9. The third-order valence-electron chi connectivity index (χ3n) is 17.0. The number of aromatic nitrogens is 2. The highest BCUT2D eigenvalue weighted by Crippen LogP contribution is 2.47. The van der Waals surface area contributed by atoms with Gasteiger partial charge in [0, 0.05) is 25.2 Å². The molecule has 0 spiro atoms. The molecule has 1 N–H and O–H groups in total. The van der Waals surface area contributed by atoms with Crippen LogP contribution >= 0.6 is 7.82 Å². The van der Waals surface area contributed by atoms with Crippen LogP contribution in [-0.4, -0.2) is 130 Å². The largest absolute Gasteiger partial charge is 0.481 e. The minimum Gasteiger partial charge on any atom is -0.345 e. The summed E-state index contributed by atoms with van der Waals surface area (Å²) >= 11 is 0. The smallest absolute Gasteiger partial charge is 0.345 e. The average Bonchev–Trinajstić information content (AvgIpc) is 1.23. The molecule has 2 amide bonds. The van der Waals surface area contributed by atoms with E-state index in [2.05, 4.69) is 9.97 Å². The van der Waals surface area contributed by atoms with Gasteiger partial charge in [-0.3, -0.25) is 9.59 Å². The molecule has 14 nitrogen and oxygen atoms in total. The van der Waals surface area contributed by atoms with E-state index in [1.165, 1.54) is 64.0 Å². The number of alkyl halides is 12. The number of amides is 2. The van der Waals surface area contributed by atoms with Crippen LogP contribution in [-0.2, 0) is 58.7 Å². The van der Waals surface area contributed by atoms with Crippen LogP contribution in [0, 0.1) is 13.8 Å². The van der Waals surface area contributed by atoms with Gasteiger partial charge >= 0.3 is 32.5 Å². The van der Waals surface area contributed by atoms with Crippen molar-refractivity contribution in [2.45, 2.75) is 77.1 Å². The van der Waals surface area contributed by atoms with Crippen molar-refractivity contribution in [2.75, 3.05) is 114 Å². The highest BCUT2D eigenvalue weighted by molar-refractivity contribution is 7.47. The fraction of sp³-hybridized carbons (Fsp3) is 0.419. The van der Waals surface area contributed by atoms with Crippen LogP contribution in [0.2, 0.25) is 0 Å². The number of pyridine rings is 2. The van der Waals surface area contributed by atoms with Crippen molar-refractivity contribution in [3.05, 3.63) is 154 Å². The minimum absolute atomic E-state index is 0.0116. The predicted molar refractivity (Wildman–Crippen MR) is 313 cm³/mol. The Balaban J connectivity index is 0.908. The van der Waals surface area contributed by atoms with E-state index in [-0.39, 0.29) is 45.9 Å². The Hall–Kier alpha value is -7.09. The number of quaternary nitrogens is 2. The molecule has 0 radical (unpaired) electrons. The van der Waals surface area contributed by atoms with Gasteiger partial charge < -0.3 is 33.5 Å². The van der Waals surface area contributed by atoms with E-state index in [1.807, 2.05) is 74.1 Å². The normalized spacial score (nSPS) is 16.1. The third kappa shape index (κ3) is 15.1. The van der Waals surface area contributed by atoms with Gasteiger partial charge in [0.1, 0.15) is 11.6 Å². The predicted octanol–water partition coefficient (Wildman–Crippen LogP) is 13.7. The van der Waals surface area contributed by atoms with E-state index in [0.717, 1.165) is 11.1 Å². The van der Waals surface area contributed by atoms with Gasteiger partial charge in [0.25, 0.3) is 0 Å². The summed E-state index contributed by atoms with van der Waals surface area (Å²) in [5.41, 5.74) is -6.45. The first-order valence-electron chi connectivity index (χ1n) is 28.1. The number of hydrogen-bond donors (Lipinski definition) is 1. The summed E-state index contributed by atoms with van der Waals surface area (Å²) in [5.74, 6) is -0.612. The molecule has 0 unspecified atom stereocenters. The lowest BCUT2D eigenvalue weighted by Gasteiger charge is -2.43. The van der Waals surface area contributed by atoms with E-state index >= 15 is 0 Å². The van der Waals surface area contributed by atoms with Gasteiger partial charge in [0.05, 0.1) is 123 Å². The number of aryl methyl sites for hydroxylation is 2. The fourth-order valence-corrected chi connectivity index (χ4v) is 11.9. The van der Waals surface area contributed by atoms with Crippen LogP contribution in [0.3, 0.4) is 0 Å². The zero-order chi connectivity index (χ0) is 65.8. The van der Waals surface area contributed by atoms with Gasteiger partial charge in [-0.05, 0) is 123 Å². The molecule has 0 bridgehead atoms. The van der Waals surface area contributed by atoms with Gasteiger partial charge in [0.15, 0.2) is 13.5 Å². The van der Waals surface area contributed by atoms with Gasteiger partial charge in [-0.25, -0.2) is 23.6 Å². The van der Waals surface area contributed by atoms with Gasteiger partial charge in [-0.2, -0.15) is 52.7 Å². The first kappa shape index (κ1) is 67.8. The van der Waals surface area contributed by atoms with Crippen molar-refractivity contribution in [1.82, 2.24) is 9.97 Å². The molecule has 0 atom stereocenters. The number of phosphoric acid groups is 1. The van der Waals surface area contributed by atoms with E-state index in [1.54, 1.807) is 24.3 Å². The molecular formula is C62H69F12N8O6P+2. The van der Waals surface area contributed by atoms with Crippen molar-refractivity contribution in [1.29, 1.82) is 0 Å². The van der Waals surface area contributed by atoms with Gasteiger partial charge in [-0.1, -0.05) is 48.5 Å². The Labute approximate surface area is 507 Å². The van der Waals surface area contributed by atoms with Crippen LogP contribution in [0.25, 0.3) is 22.3 Å². The number of piperazine rings is 2. The number of likely N-dealkylation sites (N-methyl/N-ethyl adjacent to an activating group) is 4. The summed E-state index contributed by atoms with van der Waals surface area (Å²) in [6, 6.07) is 20.2. The molecule has 0 saturated carbocycles. The Morgan fingerprint density at radius 2 is 0.787 bits per heavy atom. The second kappa shape index (κ2) is 24.6. The molecule has 2 saturated heterocycles. The molecule has 6 aromatic rings. The first-order chi connectivity index (χ1) is 41.0. The second-order valence-corrected chi connectivity index (χ2v) is 25.9. The molecule has 2 aliphatic heterocycles. The number of carbonyl (C=O) groups excluding carboxylic acids is 2. The second-order valence-electron chi connectivity index (χ2n) is 24.4. The van der Waals surface area contributed by atoms with E-state index in [0.29, 0.717) is 111 Å². The maximum absolute atomic E-state index is 14.3. The zero-order valence-electron chi connectivity index (χ0n) is 50.5. The summed E-state index contributed by atoms with van der Waals surface area (Å²) in [6.45, 7) is 11.5. The number of nitrogens with zero attached hydrogens (tertiary/aromatic N) is 8. The molecular weight excluding hydrogens is 1210 g/mol. The topological polar surface area (TPSA) is 129 Å². The van der Waals surface area contributed by atoms with Crippen molar-refractivity contribution in [3.8, 4) is 22.3 Å². The van der Waals surface area contributed by atoms with Crippen molar-refractivity contribution < 1.29 is 89.7 Å². The third-order valence-corrected chi connectivity index (χ3v) is 17.9. The molecule has 0 aliphatic carbocycles. The molecule has 8 rings (SSSR count). The molecule has 27 heteroatoms. The summed E-state index contributed by atoms with van der Waals surface area (Å²) in [7, 11) is 1.81. The summed E-state index contributed by atoms with van der Waals surface area (Å²) < 4.78 is 192. The number of rotatable bonds is 16. The van der Waals surface area contributed by atoms with Crippen LogP contribution in [0.15, 0.2) is 109 Å². The van der Waals surface area contributed by atoms with Crippen molar-refractivity contribution in [3.63, 3.8) is 0 Å². The summed E-state index contributed by atoms with van der Waals surface area (Å²) in [4.78, 5) is 55.4. The quantitative estimate of drug-likeness (QED) is 0.0568. The monoisotopic (exact) mass is 1280 g/mol. The highest BCUT2D eigenvalue weighted by Gasteiger charge is 2.45. The zero-order valence-corrected chi connectivity index (χ0v) is 51.4. The first-order valence-corrected chi connectivity index (χ1v) is 29.6. The Morgan fingerprint density at radius 1 is 0.506 bits per heavy atom. The number of carbonyl (C=O) groups is 2. The number of benzene rings is 4. The number of hydrogen-bond acceptors (Lipinski definition) is 9. The lowest BCUT2D eigenvalue weighted by Crippen LogP contribution is -2.58. The average molecular weight is 1280 g/mol. The van der Waals surface area contributed by atoms with Gasteiger partial charge in [0.2, 0.25) is 11.8 Å². The van der Waals surface area contributed by atoms with Gasteiger partial charge in [-0.15, -0.1) is 0 Å². The SMILES string of the molecule is Cc1ccccc1-c1cc(N2CC[N+](C)(COP(=O)(O)OC[N+]3(C)CCN(c4cc(-c5ccccc5C)c(N(C)C(=O)C(C)(C)c5cc(C(F)(F)F)cc(C(F)(F)F)c5)cn4)CC3)CC2)ncc1N(C)C(=O)C(C)(C)c1cc(C(F)(F)F)cc(C(F)(F)F)c1. The molecule has 2 fully saturated rings. The molecule has 2 aliphatic rings. The maximum Gasteiger partial charge on any atom is 0.481 e. The van der Waals surface area contributed by atoms with Crippen molar-refractivity contribution >= 4 is 42.6 Å².